The number of hydrogen-bond donors (Lipinski definition) is 2. The molecule has 7 heteroatoms. The second kappa shape index (κ2) is 12.6. The third kappa shape index (κ3) is 6.88. The molecule has 3 aromatic rings. The van der Waals surface area contributed by atoms with E-state index >= 15 is 0 Å². The Morgan fingerprint density at radius 2 is 1.49 bits per heavy atom. The molecule has 0 unspecified atom stereocenters. The fraction of sp³-hybridized carbons (Fsp3) is 0.357. The molecule has 0 radical (unpaired) electrons. The summed E-state index contributed by atoms with van der Waals surface area (Å²) in [7, 11) is 0. The number of fused-ring (bicyclic) bond motifs is 1. The van der Waals surface area contributed by atoms with Crippen LogP contribution < -0.4 is 15.9 Å². The summed E-state index contributed by atoms with van der Waals surface area (Å²) < 4.78 is 0. The highest BCUT2D eigenvalue weighted by molar-refractivity contribution is 6.54. The number of aliphatic imine (C=N–C) groups is 1. The van der Waals surface area contributed by atoms with Gasteiger partial charge in [0.15, 0.2) is 0 Å². The summed E-state index contributed by atoms with van der Waals surface area (Å²) in [5.74, 6) is 0.724. The quantitative estimate of drug-likeness (QED) is 0.323. The average Bonchev–Trinajstić information content (AvgIpc) is 3.14. The van der Waals surface area contributed by atoms with Crippen molar-refractivity contribution in [3.05, 3.63) is 82.9 Å². The number of nitrogens with zero attached hydrogens (tertiary/aromatic N) is 3. The maximum Gasteiger partial charge on any atom is 0.346 e. The second-order valence-corrected chi connectivity index (χ2v) is 8.81. The third-order valence-corrected chi connectivity index (χ3v) is 6.19. The van der Waals surface area contributed by atoms with Gasteiger partial charge in [-0.2, -0.15) is 0 Å². The van der Waals surface area contributed by atoms with Crippen molar-refractivity contribution < 1.29 is 4.79 Å². The minimum Gasteiger partial charge on any atom is -0.371 e. The number of anilines is 2. The zero-order chi connectivity index (χ0) is 24.3. The van der Waals surface area contributed by atoms with Crippen molar-refractivity contribution in [2.24, 2.45) is 4.99 Å². The Kier molecular flexibility index (Phi) is 8.81. The number of rotatable bonds is 13. The van der Waals surface area contributed by atoms with Crippen molar-refractivity contribution in [1.29, 1.82) is 0 Å². The molecule has 1 aliphatic heterocycles. The van der Waals surface area contributed by atoms with E-state index in [1.54, 1.807) is 6.07 Å². The SMILES string of the molecule is O=C1C(=Nc2ccccc2)c2ccccc2N1CCCCCCCCCCNc1ccnc(=O)[nH]1. The number of H-pyrrole nitrogens is 1. The number of hydrogen-bond acceptors (Lipinski definition) is 5. The summed E-state index contributed by atoms with van der Waals surface area (Å²) in [5.41, 5.74) is 2.91. The number of unbranched alkanes of at least 4 members (excludes halogenated alkanes) is 7. The first-order chi connectivity index (χ1) is 17.2. The van der Waals surface area contributed by atoms with Crippen LogP contribution in [0.2, 0.25) is 0 Å². The predicted octanol–water partition coefficient (Wildman–Crippen LogP) is 5.47. The Hall–Kier alpha value is -3.74. The van der Waals surface area contributed by atoms with Crippen LogP contribution >= 0.6 is 0 Å². The monoisotopic (exact) mass is 471 g/mol. The fourth-order valence-electron chi connectivity index (χ4n) is 4.37. The molecular weight excluding hydrogens is 438 g/mol. The summed E-state index contributed by atoms with van der Waals surface area (Å²) in [4.78, 5) is 37.1. The summed E-state index contributed by atoms with van der Waals surface area (Å²) >= 11 is 0. The van der Waals surface area contributed by atoms with Crippen LogP contribution in [0.5, 0.6) is 0 Å². The summed E-state index contributed by atoms with van der Waals surface area (Å²) in [6.07, 6.45) is 10.7. The van der Waals surface area contributed by atoms with Gasteiger partial charge in [-0.15, -0.1) is 0 Å². The number of para-hydroxylation sites is 2. The van der Waals surface area contributed by atoms with Gasteiger partial charge < -0.3 is 10.2 Å². The molecular formula is C28H33N5O2. The molecule has 0 spiro atoms. The number of nitrogens with one attached hydrogen (secondary N) is 2. The molecule has 182 valence electrons. The van der Waals surface area contributed by atoms with Crippen molar-refractivity contribution >= 4 is 28.8 Å². The van der Waals surface area contributed by atoms with Gasteiger partial charge in [-0.3, -0.25) is 9.78 Å². The molecule has 0 saturated heterocycles. The summed E-state index contributed by atoms with van der Waals surface area (Å²) in [6, 6.07) is 19.4. The number of aromatic nitrogens is 2. The Labute approximate surface area is 206 Å². The standard InChI is InChI=1S/C28H33N5O2/c34-27-26(31-22-14-8-7-9-15-22)23-16-10-11-17-24(23)33(27)21-13-6-4-2-1-3-5-12-19-29-25-18-20-30-28(35)32-25/h7-11,14-18,20H,1-6,12-13,19,21H2,(H2,29,30,32,35). The van der Waals surface area contributed by atoms with E-state index in [2.05, 4.69) is 20.3 Å². The Balaban J connectivity index is 1.13. The summed E-state index contributed by atoms with van der Waals surface area (Å²) in [6.45, 7) is 1.58. The van der Waals surface area contributed by atoms with E-state index in [-0.39, 0.29) is 11.6 Å². The fourth-order valence-corrected chi connectivity index (χ4v) is 4.37. The van der Waals surface area contributed by atoms with Crippen molar-refractivity contribution in [2.75, 3.05) is 23.3 Å². The summed E-state index contributed by atoms with van der Waals surface area (Å²) in [5, 5.41) is 3.22. The van der Waals surface area contributed by atoms with Crippen molar-refractivity contribution in [3.8, 4) is 0 Å². The molecule has 2 heterocycles. The van der Waals surface area contributed by atoms with E-state index in [1.807, 2.05) is 59.5 Å². The average molecular weight is 472 g/mol. The molecule has 0 aliphatic carbocycles. The van der Waals surface area contributed by atoms with Gasteiger partial charge >= 0.3 is 5.69 Å². The van der Waals surface area contributed by atoms with Crippen LogP contribution in [0, 0.1) is 0 Å². The molecule has 0 bridgehead atoms. The van der Waals surface area contributed by atoms with E-state index in [9.17, 15) is 9.59 Å². The van der Waals surface area contributed by atoms with Crippen LogP contribution in [0.15, 0.2) is 76.6 Å². The molecule has 4 rings (SSSR count). The maximum atomic E-state index is 13.1. The van der Waals surface area contributed by atoms with Gasteiger partial charge in [-0.1, -0.05) is 74.9 Å². The Morgan fingerprint density at radius 1 is 0.800 bits per heavy atom. The molecule has 1 amide bonds. The van der Waals surface area contributed by atoms with Crippen LogP contribution in [-0.4, -0.2) is 34.7 Å². The zero-order valence-electron chi connectivity index (χ0n) is 20.1. The number of aromatic amines is 1. The molecule has 1 aliphatic rings. The van der Waals surface area contributed by atoms with E-state index in [0.717, 1.165) is 55.1 Å². The highest BCUT2D eigenvalue weighted by atomic mass is 16.2. The largest absolute Gasteiger partial charge is 0.371 e. The van der Waals surface area contributed by atoms with Crippen molar-refractivity contribution in [2.45, 2.75) is 51.4 Å². The number of amides is 1. The number of benzene rings is 2. The van der Waals surface area contributed by atoms with E-state index in [1.165, 1.54) is 38.3 Å². The first-order valence-electron chi connectivity index (χ1n) is 12.6. The highest BCUT2D eigenvalue weighted by Crippen LogP contribution is 2.31. The van der Waals surface area contributed by atoms with Crippen LogP contribution in [0.3, 0.4) is 0 Å². The molecule has 35 heavy (non-hydrogen) atoms. The van der Waals surface area contributed by atoms with E-state index in [4.69, 9.17) is 0 Å². The van der Waals surface area contributed by atoms with Gasteiger partial charge in [-0.05, 0) is 37.1 Å². The topological polar surface area (TPSA) is 90.4 Å². The van der Waals surface area contributed by atoms with Gasteiger partial charge in [0.25, 0.3) is 5.91 Å². The third-order valence-electron chi connectivity index (χ3n) is 6.19. The molecule has 2 aromatic carbocycles. The molecule has 1 aromatic heterocycles. The molecule has 7 nitrogen and oxygen atoms in total. The maximum absolute atomic E-state index is 13.1. The lowest BCUT2D eigenvalue weighted by Crippen LogP contribution is -2.31. The van der Waals surface area contributed by atoms with Crippen LogP contribution in [0.4, 0.5) is 17.2 Å². The first kappa shape index (κ1) is 24.4. The minimum atomic E-state index is -0.325. The van der Waals surface area contributed by atoms with Gasteiger partial charge in [0.2, 0.25) is 0 Å². The lowest BCUT2D eigenvalue weighted by atomic mass is 10.1. The molecule has 2 N–H and O–H groups in total. The Bertz CT molecular complexity index is 1190. The van der Waals surface area contributed by atoms with Crippen molar-refractivity contribution in [1.82, 2.24) is 9.97 Å². The first-order valence-corrected chi connectivity index (χ1v) is 12.6. The lowest BCUT2D eigenvalue weighted by molar-refractivity contribution is -0.112. The van der Waals surface area contributed by atoms with Gasteiger partial charge in [0, 0.05) is 24.8 Å². The van der Waals surface area contributed by atoms with Gasteiger partial charge in [0.1, 0.15) is 11.5 Å². The second-order valence-electron chi connectivity index (χ2n) is 8.81. The number of carbonyl (C=O) groups is 1. The normalized spacial score (nSPS) is 13.9. The Morgan fingerprint density at radius 3 is 2.26 bits per heavy atom. The van der Waals surface area contributed by atoms with Gasteiger partial charge in [0.05, 0.1) is 11.4 Å². The molecule has 0 fully saturated rings. The van der Waals surface area contributed by atoms with E-state index in [0.29, 0.717) is 5.71 Å². The van der Waals surface area contributed by atoms with Gasteiger partial charge in [-0.25, -0.2) is 14.8 Å². The number of carbonyl (C=O) groups excluding carboxylic acids is 1. The van der Waals surface area contributed by atoms with Crippen LogP contribution in [0.25, 0.3) is 0 Å². The minimum absolute atomic E-state index is 0.000460. The predicted molar refractivity (Wildman–Crippen MR) is 142 cm³/mol. The van der Waals surface area contributed by atoms with Crippen molar-refractivity contribution in [3.63, 3.8) is 0 Å². The molecule has 0 saturated carbocycles. The zero-order valence-corrected chi connectivity index (χ0v) is 20.1. The molecule has 0 atom stereocenters. The highest BCUT2D eigenvalue weighted by Gasteiger charge is 2.33. The van der Waals surface area contributed by atoms with Crippen LogP contribution in [-0.2, 0) is 4.79 Å². The smallest absolute Gasteiger partial charge is 0.346 e. The lowest BCUT2D eigenvalue weighted by Gasteiger charge is -2.16. The van der Waals surface area contributed by atoms with Crippen LogP contribution in [0.1, 0.15) is 56.9 Å². The van der Waals surface area contributed by atoms with E-state index < -0.39 is 0 Å².